The number of para-hydroxylation sites is 2. The van der Waals surface area contributed by atoms with E-state index in [0.717, 1.165) is 58.4 Å². The molecule has 176 valence electrons. The number of aromatic nitrogens is 2. The van der Waals surface area contributed by atoms with E-state index in [1.54, 1.807) is 14.2 Å². The molecule has 0 spiro atoms. The molecule has 1 heterocycles. The largest absolute Gasteiger partial charge is 0.497 e. The Morgan fingerprint density at radius 1 is 0.853 bits per heavy atom. The summed E-state index contributed by atoms with van der Waals surface area (Å²) in [6.07, 6.45) is 4.85. The number of allylic oxidation sites excluding steroid dienone is 1. The second-order valence-electron chi connectivity index (χ2n) is 7.75. The van der Waals surface area contributed by atoms with Crippen LogP contribution in [0.15, 0.2) is 72.8 Å². The minimum Gasteiger partial charge on any atom is -0.497 e. The highest BCUT2D eigenvalue weighted by Crippen LogP contribution is 2.29. The predicted molar refractivity (Wildman–Crippen MR) is 135 cm³/mol. The van der Waals surface area contributed by atoms with Crippen molar-refractivity contribution < 1.29 is 18.9 Å². The lowest BCUT2D eigenvalue weighted by Gasteiger charge is -2.13. The number of ether oxygens (including phenoxy) is 4. The van der Waals surface area contributed by atoms with Gasteiger partial charge in [0.05, 0.1) is 31.9 Å². The van der Waals surface area contributed by atoms with Crippen LogP contribution in [-0.2, 0) is 13.2 Å². The van der Waals surface area contributed by atoms with Crippen LogP contribution in [0.4, 0.5) is 0 Å². The zero-order chi connectivity index (χ0) is 23.8. The van der Waals surface area contributed by atoms with Gasteiger partial charge >= 0.3 is 0 Å². The summed E-state index contributed by atoms with van der Waals surface area (Å²) in [6, 6.07) is 21.7. The molecule has 6 heteroatoms. The van der Waals surface area contributed by atoms with E-state index in [9.17, 15) is 0 Å². The average Bonchev–Trinajstić information content (AvgIpc) is 3.23. The summed E-state index contributed by atoms with van der Waals surface area (Å²) in [7, 11) is 3.31. The summed E-state index contributed by atoms with van der Waals surface area (Å²) in [5.41, 5.74) is 3.12. The second-order valence-corrected chi connectivity index (χ2v) is 7.75. The molecule has 0 atom stereocenters. The third-order valence-electron chi connectivity index (χ3n) is 5.47. The molecule has 0 radical (unpaired) electrons. The number of imidazole rings is 1. The van der Waals surface area contributed by atoms with Crippen LogP contribution in [0.5, 0.6) is 23.0 Å². The Balaban J connectivity index is 1.43. The molecule has 3 aromatic carbocycles. The van der Waals surface area contributed by atoms with Gasteiger partial charge < -0.3 is 23.5 Å². The quantitative estimate of drug-likeness (QED) is 0.253. The Morgan fingerprint density at radius 2 is 1.71 bits per heavy atom. The number of hydrogen-bond donors (Lipinski definition) is 0. The minimum absolute atomic E-state index is 0.364. The smallest absolute Gasteiger partial charge is 0.161 e. The molecule has 0 saturated carbocycles. The zero-order valence-electron chi connectivity index (χ0n) is 19.9. The van der Waals surface area contributed by atoms with Gasteiger partial charge in [-0.15, -0.1) is 0 Å². The van der Waals surface area contributed by atoms with Gasteiger partial charge in [0.1, 0.15) is 23.9 Å². The van der Waals surface area contributed by atoms with E-state index < -0.39 is 0 Å². The maximum Gasteiger partial charge on any atom is 0.161 e. The predicted octanol–water partition coefficient (Wildman–Crippen LogP) is 6.13. The fourth-order valence-corrected chi connectivity index (χ4v) is 3.83. The number of rotatable bonds is 11. The van der Waals surface area contributed by atoms with Crippen LogP contribution in [0.3, 0.4) is 0 Å². The molecule has 34 heavy (non-hydrogen) atoms. The number of aryl methyl sites for hydroxylation is 1. The van der Waals surface area contributed by atoms with Gasteiger partial charge in [0.2, 0.25) is 0 Å². The van der Waals surface area contributed by atoms with Crippen LogP contribution < -0.4 is 18.9 Å². The Bertz CT molecular complexity index is 1260. The molecule has 0 fully saturated rings. The summed E-state index contributed by atoms with van der Waals surface area (Å²) in [6.45, 7) is 3.67. The van der Waals surface area contributed by atoms with E-state index in [4.69, 9.17) is 23.9 Å². The maximum atomic E-state index is 6.04. The molecule has 0 N–H and O–H groups in total. The molecule has 0 aliphatic carbocycles. The molecule has 0 aliphatic heterocycles. The summed E-state index contributed by atoms with van der Waals surface area (Å²) >= 11 is 0. The van der Waals surface area contributed by atoms with Crippen molar-refractivity contribution in [2.75, 3.05) is 20.8 Å². The van der Waals surface area contributed by atoms with E-state index in [0.29, 0.717) is 13.2 Å². The lowest BCUT2D eigenvalue weighted by molar-refractivity contribution is 0.272. The average molecular weight is 459 g/mol. The number of fused-ring (bicyclic) bond motifs is 1. The van der Waals surface area contributed by atoms with Gasteiger partial charge in [0.15, 0.2) is 11.5 Å². The van der Waals surface area contributed by atoms with Crippen molar-refractivity contribution in [2.24, 2.45) is 0 Å². The van der Waals surface area contributed by atoms with Crippen molar-refractivity contribution in [3.05, 3.63) is 84.2 Å². The standard InChI is InChI=1S/C28H30N2O4/c1-4-9-21-14-15-26(27(18-21)32-3)33-17-8-16-30-25-13-6-5-12-24(25)29-28(30)20-34-23-11-7-10-22(19-23)31-2/h4-7,9-15,18-19H,8,16-17,20H2,1-3H3/b9-4+. The monoisotopic (exact) mass is 458 g/mol. The van der Waals surface area contributed by atoms with Crippen molar-refractivity contribution in [1.82, 2.24) is 9.55 Å². The van der Waals surface area contributed by atoms with Crippen molar-refractivity contribution >= 4 is 17.1 Å². The topological polar surface area (TPSA) is 54.7 Å². The number of benzene rings is 3. The van der Waals surface area contributed by atoms with Crippen molar-refractivity contribution in [1.29, 1.82) is 0 Å². The highest BCUT2D eigenvalue weighted by molar-refractivity contribution is 5.75. The van der Waals surface area contributed by atoms with Crippen LogP contribution in [-0.4, -0.2) is 30.4 Å². The molecular weight excluding hydrogens is 428 g/mol. The van der Waals surface area contributed by atoms with Crippen LogP contribution in [0.2, 0.25) is 0 Å². The fourth-order valence-electron chi connectivity index (χ4n) is 3.83. The highest BCUT2D eigenvalue weighted by Gasteiger charge is 2.12. The Hall–Kier alpha value is -3.93. The Kier molecular flexibility index (Phi) is 7.71. The maximum absolute atomic E-state index is 6.04. The first-order valence-electron chi connectivity index (χ1n) is 11.4. The lowest BCUT2D eigenvalue weighted by atomic mass is 10.2. The SMILES string of the molecule is C/C=C/c1ccc(OCCCn2c(COc3cccc(OC)c3)nc3ccccc32)c(OC)c1. The van der Waals surface area contributed by atoms with Crippen LogP contribution in [0, 0.1) is 0 Å². The number of nitrogens with zero attached hydrogens (tertiary/aromatic N) is 2. The van der Waals surface area contributed by atoms with E-state index in [2.05, 4.69) is 10.6 Å². The van der Waals surface area contributed by atoms with Gasteiger partial charge in [0, 0.05) is 12.6 Å². The summed E-state index contributed by atoms with van der Waals surface area (Å²) in [5.74, 6) is 3.85. The van der Waals surface area contributed by atoms with E-state index in [1.165, 1.54) is 0 Å². The van der Waals surface area contributed by atoms with Crippen LogP contribution >= 0.6 is 0 Å². The fraction of sp³-hybridized carbons (Fsp3) is 0.250. The molecule has 6 nitrogen and oxygen atoms in total. The molecule has 1 aromatic heterocycles. The molecule has 0 saturated heterocycles. The van der Waals surface area contributed by atoms with E-state index >= 15 is 0 Å². The van der Waals surface area contributed by atoms with Crippen LogP contribution in [0.25, 0.3) is 17.1 Å². The second kappa shape index (κ2) is 11.3. The van der Waals surface area contributed by atoms with E-state index in [-0.39, 0.29) is 0 Å². The first kappa shape index (κ1) is 23.2. The number of hydrogen-bond acceptors (Lipinski definition) is 5. The molecule has 4 aromatic rings. The summed E-state index contributed by atoms with van der Waals surface area (Å²) < 4.78 is 25.1. The van der Waals surface area contributed by atoms with Crippen molar-refractivity contribution in [2.45, 2.75) is 26.5 Å². The normalized spacial score (nSPS) is 11.1. The van der Waals surface area contributed by atoms with Crippen molar-refractivity contribution in [3.8, 4) is 23.0 Å². The molecule has 0 unspecified atom stereocenters. The van der Waals surface area contributed by atoms with E-state index in [1.807, 2.05) is 79.7 Å². The van der Waals surface area contributed by atoms with Crippen molar-refractivity contribution in [3.63, 3.8) is 0 Å². The third kappa shape index (κ3) is 5.52. The molecule has 0 aliphatic rings. The first-order valence-corrected chi connectivity index (χ1v) is 11.4. The van der Waals surface area contributed by atoms with Gasteiger partial charge in [-0.3, -0.25) is 0 Å². The highest BCUT2D eigenvalue weighted by atomic mass is 16.5. The molecule has 0 amide bonds. The molecular formula is C28H30N2O4. The Morgan fingerprint density at radius 3 is 2.53 bits per heavy atom. The molecule has 0 bridgehead atoms. The van der Waals surface area contributed by atoms with Crippen LogP contribution in [0.1, 0.15) is 24.7 Å². The first-order chi connectivity index (χ1) is 16.7. The van der Waals surface area contributed by atoms with Gasteiger partial charge in [-0.05, 0) is 55.3 Å². The lowest BCUT2D eigenvalue weighted by Crippen LogP contribution is -2.10. The summed E-state index contributed by atoms with van der Waals surface area (Å²) in [5, 5.41) is 0. The third-order valence-corrected chi connectivity index (χ3v) is 5.47. The minimum atomic E-state index is 0.364. The van der Waals surface area contributed by atoms with Gasteiger partial charge in [-0.25, -0.2) is 4.98 Å². The zero-order valence-corrected chi connectivity index (χ0v) is 19.9. The Labute approximate surface area is 200 Å². The number of methoxy groups -OCH3 is 2. The van der Waals surface area contributed by atoms with Gasteiger partial charge in [-0.2, -0.15) is 0 Å². The molecule has 4 rings (SSSR count). The van der Waals surface area contributed by atoms with Gasteiger partial charge in [0.25, 0.3) is 0 Å². The van der Waals surface area contributed by atoms with Gasteiger partial charge in [-0.1, -0.05) is 36.4 Å². The summed E-state index contributed by atoms with van der Waals surface area (Å²) in [4.78, 5) is 4.80.